The zero-order chi connectivity index (χ0) is 27.1. The Morgan fingerprint density at radius 2 is 1.86 bits per heavy atom. The third-order valence-electron chi connectivity index (χ3n) is 6.63. The third-order valence-corrected chi connectivity index (χ3v) is 6.63. The second-order valence-electron chi connectivity index (χ2n) is 9.74. The Morgan fingerprint density at radius 3 is 2.49 bits per heavy atom. The van der Waals surface area contributed by atoms with Crippen molar-refractivity contribution in [2.45, 2.75) is 51.9 Å². The van der Waals surface area contributed by atoms with E-state index in [1.807, 2.05) is 13.8 Å². The van der Waals surface area contributed by atoms with Crippen LogP contribution in [0.25, 0.3) is 10.9 Å². The summed E-state index contributed by atoms with van der Waals surface area (Å²) in [6.07, 6.45) is -4.02. The molecule has 200 valence electrons. The van der Waals surface area contributed by atoms with E-state index in [1.54, 1.807) is 19.1 Å². The first-order valence-corrected chi connectivity index (χ1v) is 11.9. The van der Waals surface area contributed by atoms with Crippen LogP contribution in [0.5, 0.6) is 11.5 Å². The molecular weight excluding hydrogens is 492 g/mol. The first-order valence-electron chi connectivity index (χ1n) is 11.9. The highest BCUT2D eigenvalue weighted by molar-refractivity contribution is 5.92. The van der Waals surface area contributed by atoms with E-state index in [0.29, 0.717) is 53.3 Å². The number of anilines is 2. The van der Waals surface area contributed by atoms with Crippen LogP contribution < -0.4 is 20.5 Å². The van der Waals surface area contributed by atoms with Crippen molar-refractivity contribution in [1.82, 2.24) is 9.97 Å². The van der Waals surface area contributed by atoms with Crippen LogP contribution in [-0.2, 0) is 10.9 Å². The summed E-state index contributed by atoms with van der Waals surface area (Å²) in [6.45, 7) is 8.42. The third kappa shape index (κ3) is 5.51. The van der Waals surface area contributed by atoms with Crippen molar-refractivity contribution in [1.29, 1.82) is 0 Å². The van der Waals surface area contributed by atoms with Gasteiger partial charge < -0.3 is 25.3 Å². The molecule has 3 aromatic rings. The molecule has 37 heavy (non-hydrogen) atoms. The number of nitrogen functional groups attached to an aromatic ring is 1. The molecular formula is C26H30F4N4O3. The fourth-order valence-corrected chi connectivity index (χ4v) is 4.53. The van der Waals surface area contributed by atoms with Crippen LogP contribution in [0.3, 0.4) is 0 Å². The Morgan fingerprint density at radius 1 is 1.14 bits per heavy atom. The molecule has 7 nitrogen and oxygen atoms in total. The Hall–Kier alpha value is -3.34. The van der Waals surface area contributed by atoms with E-state index in [9.17, 15) is 17.6 Å². The maximum atomic E-state index is 14.9. The van der Waals surface area contributed by atoms with Gasteiger partial charge in [0.1, 0.15) is 23.1 Å². The number of halogens is 4. The van der Waals surface area contributed by atoms with E-state index in [4.69, 9.17) is 19.9 Å². The topological polar surface area (TPSA) is 91.5 Å². The number of methoxy groups -OCH3 is 1. The Kier molecular flexibility index (Phi) is 7.11. The van der Waals surface area contributed by atoms with Crippen molar-refractivity contribution >= 4 is 22.4 Å². The van der Waals surface area contributed by atoms with Crippen molar-refractivity contribution in [2.75, 3.05) is 31.4 Å². The average Bonchev–Trinajstić information content (AvgIpc) is 3.35. The van der Waals surface area contributed by atoms with Crippen molar-refractivity contribution in [3.05, 3.63) is 47.0 Å². The van der Waals surface area contributed by atoms with Gasteiger partial charge in [-0.1, -0.05) is 0 Å². The number of aryl methyl sites for hydroxylation is 1. The molecule has 2 aromatic carbocycles. The Labute approximate surface area is 212 Å². The summed E-state index contributed by atoms with van der Waals surface area (Å²) >= 11 is 0. The predicted octanol–water partition coefficient (Wildman–Crippen LogP) is 6.05. The van der Waals surface area contributed by atoms with Gasteiger partial charge >= 0.3 is 6.18 Å². The number of fused-ring (bicyclic) bond motifs is 1. The average molecular weight is 523 g/mol. The lowest BCUT2D eigenvalue weighted by Gasteiger charge is -2.32. The summed E-state index contributed by atoms with van der Waals surface area (Å²) in [4.78, 5) is 8.91. The zero-order valence-electron chi connectivity index (χ0n) is 21.3. The van der Waals surface area contributed by atoms with Gasteiger partial charge in [-0.2, -0.15) is 13.2 Å². The first kappa shape index (κ1) is 26.7. The quantitative estimate of drug-likeness (QED) is 0.288. The molecule has 2 heterocycles. The highest BCUT2D eigenvalue weighted by atomic mass is 19.4. The normalized spacial score (nSPS) is 17.2. The molecule has 1 fully saturated rings. The lowest BCUT2D eigenvalue weighted by molar-refractivity contribution is -0.140. The summed E-state index contributed by atoms with van der Waals surface area (Å²) in [5, 5.41) is 3.58. The number of aromatic nitrogens is 2. The molecule has 2 atom stereocenters. The maximum absolute atomic E-state index is 14.9. The van der Waals surface area contributed by atoms with E-state index in [1.165, 1.54) is 20.1 Å². The number of ether oxygens (including phenoxy) is 3. The molecule has 0 radical (unpaired) electrons. The van der Waals surface area contributed by atoms with Gasteiger partial charge in [0.15, 0.2) is 11.5 Å². The van der Waals surface area contributed by atoms with Crippen LogP contribution in [-0.4, -0.2) is 35.9 Å². The second kappa shape index (κ2) is 9.85. The molecule has 4 rings (SSSR count). The van der Waals surface area contributed by atoms with Gasteiger partial charge in [-0.15, -0.1) is 0 Å². The van der Waals surface area contributed by atoms with E-state index >= 15 is 0 Å². The number of hydrogen-bond acceptors (Lipinski definition) is 7. The molecule has 0 bridgehead atoms. The van der Waals surface area contributed by atoms with Crippen LogP contribution in [0.4, 0.5) is 29.1 Å². The highest BCUT2D eigenvalue weighted by Crippen LogP contribution is 2.40. The van der Waals surface area contributed by atoms with E-state index in [0.717, 1.165) is 6.42 Å². The van der Waals surface area contributed by atoms with Gasteiger partial charge in [0.2, 0.25) is 0 Å². The molecule has 0 aliphatic carbocycles. The molecule has 1 aliphatic heterocycles. The lowest BCUT2D eigenvalue weighted by Crippen LogP contribution is -2.38. The van der Waals surface area contributed by atoms with Crippen LogP contribution >= 0.6 is 0 Å². The smallest absolute Gasteiger partial charge is 0.419 e. The van der Waals surface area contributed by atoms with Gasteiger partial charge in [-0.25, -0.2) is 14.4 Å². The molecule has 0 spiro atoms. The molecule has 1 aromatic heterocycles. The Bertz CT molecular complexity index is 1310. The molecule has 1 unspecified atom stereocenters. The number of rotatable bonds is 7. The van der Waals surface area contributed by atoms with Gasteiger partial charge in [-0.05, 0) is 52.3 Å². The van der Waals surface area contributed by atoms with Gasteiger partial charge in [0, 0.05) is 35.2 Å². The number of nitrogens with two attached hydrogens (primary N) is 1. The Balaban J connectivity index is 1.75. The van der Waals surface area contributed by atoms with Crippen LogP contribution in [0.2, 0.25) is 0 Å². The summed E-state index contributed by atoms with van der Waals surface area (Å²) in [7, 11) is 1.52. The second-order valence-corrected chi connectivity index (χ2v) is 9.74. The minimum absolute atomic E-state index is 0.175. The largest absolute Gasteiger partial charge is 0.493 e. The number of nitrogens with zero attached hydrogens (tertiary/aromatic N) is 2. The van der Waals surface area contributed by atoms with Gasteiger partial charge in [0.05, 0.1) is 30.8 Å². The van der Waals surface area contributed by atoms with Crippen LogP contribution in [0.1, 0.15) is 50.2 Å². The molecule has 1 saturated heterocycles. The summed E-state index contributed by atoms with van der Waals surface area (Å²) < 4.78 is 72.4. The SMILES string of the molecule is COc1cc2nc(C)nc(N[C@H](C)c3cc(N)cc(C(F)(F)F)c3F)c2cc1OC(C)(C)C1CCOC1. The van der Waals surface area contributed by atoms with E-state index in [2.05, 4.69) is 15.3 Å². The van der Waals surface area contributed by atoms with Crippen LogP contribution in [0, 0.1) is 18.7 Å². The fraction of sp³-hybridized carbons (Fsp3) is 0.462. The lowest BCUT2D eigenvalue weighted by atomic mass is 9.90. The fourth-order valence-electron chi connectivity index (χ4n) is 4.53. The predicted molar refractivity (Wildman–Crippen MR) is 132 cm³/mol. The summed E-state index contributed by atoms with van der Waals surface area (Å²) in [6, 6.07) is 4.29. The van der Waals surface area contributed by atoms with E-state index < -0.39 is 29.2 Å². The number of hydrogen-bond donors (Lipinski definition) is 2. The van der Waals surface area contributed by atoms with E-state index in [-0.39, 0.29) is 17.2 Å². The number of alkyl halides is 3. The van der Waals surface area contributed by atoms with Crippen molar-refractivity contribution < 1.29 is 31.8 Å². The minimum atomic E-state index is -4.88. The monoisotopic (exact) mass is 522 g/mol. The molecule has 1 aliphatic rings. The minimum Gasteiger partial charge on any atom is -0.493 e. The maximum Gasteiger partial charge on any atom is 0.419 e. The van der Waals surface area contributed by atoms with Gasteiger partial charge in [0.25, 0.3) is 0 Å². The standard InChI is InChI=1S/C26H30F4N4O3/c1-13(17-8-16(31)9-19(23(17)27)26(28,29)30)32-24-18-10-22(37-25(3,4)15-6-7-36-12-15)21(35-5)11-20(18)33-14(2)34-24/h8-11,13,15H,6-7,12,31H2,1-5H3,(H,32,33,34)/t13-,15?/m1/s1. The molecule has 11 heteroatoms. The highest BCUT2D eigenvalue weighted by Gasteiger charge is 2.37. The molecule has 3 N–H and O–H groups in total. The number of benzene rings is 2. The van der Waals surface area contributed by atoms with Crippen molar-refractivity contribution in [3.63, 3.8) is 0 Å². The summed E-state index contributed by atoms with van der Waals surface area (Å²) in [5.41, 5.74) is 3.79. The number of nitrogens with one attached hydrogen (secondary N) is 1. The first-order chi connectivity index (χ1) is 17.3. The van der Waals surface area contributed by atoms with Crippen molar-refractivity contribution in [2.24, 2.45) is 5.92 Å². The van der Waals surface area contributed by atoms with Gasteiger partial charge in [-0.3, -0.25) is 0 Å². The van der Waals surface area contributed by atoms with Crippen LogP contribution in [0.15, 0.2) is 24.3 Å². The summed E-state index contributed by atoms with van der Waals surface area (Å²) in [5.74, 6) is 0.417. The van der Waals surface area contributed by atoms with Crippen molar-refractivity contribution in [3.8, 4) is 11.5 Å². The molecule has 0 saturated carbocycles. The zero-order valence-corrected chi connectivity index (χ0v) is 21.3. The molecule has 0 amide bonds.